The van der Waals surface area contributed by atoms with Crippen molar-refractivity contribution >= 4 is 12.0 Å². The van der Waals surface area contributed by atoms with Gasteiger partial charge in [0.05, 0.1) is 0 Å². The summed E-state index contributed by atoms with van der Waals surface area (Å²) < 4.78 is 0. The maximum absolute atomic E-state index is 10.6. The lowest BCUT2D eigenvalue weighted by atomic mass is 10.0. The molecule has 0 spiro atoms. The molecule has 0 radical (unpaired) electrons. The molecule has 3 heteroatoms. The van der Waals surface area contributed by atoms with Gasteiger partial charge in [0.15, 0.2) is 0 Å². The molecule has 0 bridgehead atoms. The second kappa shape index (κ2) is 6.53. The summed E-state index contributed by atoms with van der Waals surface area (Å²) in [7, 11) is 0. The van der Waals surface area contributed by atoms with Gasteiger partial charge in [-0.1, -0.05) is 30.7 Å². The van der Waals surface area contributed by atoms with Crippen molar-refractivity contribution in [2.24, 2.45) is 0 Å². The van der Waals surface area contributed by atoms with Crippen LogP contribution in [0.3, 0.4) is 0 Å². The third-order valence-electron chi connectivity index (χ3n) is 3.77. The number of carboxylic acid groups (broad SMARTS) is 1. The highest BCUT2D eigenvalue weighted by Crippen LogP contribution is 2.21. The highest BCUT2D eigenvalue weighted by molar-refractivity contribution is 5.85. The smallest absolute Gasteiger partial charge is 0.328 e. The molecule has 3 nitrogen and oxygen atoms in total. The van der Waals surface area contributed by atoms with E-state index in [2.05, 4.69) is 17.9 Å². The topological polar surface area (TPSA) is 40.5 Å². The molecule has 0 amide bonds. The molecule has 1 aliphatic rings. The predicted octanol–water partition coefficient (Wildman–Crippen LogP) is 3.16. The van der Waals surface area contributed by atoms with E-state index in [1.54, 1.807) is 6.08 Å². The van der Waals surface area contributed by atoms with E-state index in [1.807, 2.05) is 18.2 Å². The van der Waals surface area contributed by atoms with Gasteiger partial charge >= 0.3 is 5.97 Å². The lowest BCUT2D eigenvalue weighted by Gasteiger charge is -2.33. The molecule has 1 fully saturated rings. The summed E-state index contributed by atoms with van der Waals surface area (Å²) >= 11 is 0. The SMILES string of the molecule is CC1CCCCN1Cc1ccccc1C=CC(=O)O. The van der Waals surface area contributed by atoms with Crippen LogP contribution in [0.2, 0.25) is 0 Å². The first-order chi connectivity index (χ1) is 9.16. The third-order valence-corrected chi connectivity index (χ3v) is 3.77. The molecule has 1 aromatic carbocycles. The predicted molar refractivity (Wildman–Crippen MR) is 76.8 cm³/mol. The molecule has 19 heavy (non-hydrogen) atoms. The van der Waals surface area contributed by atoms with Gasteiger partial charge in [-0.2, -0.15) is 0 Å². The van der Waals surface area contributed by atoms with Crippen LogP contribution in [0.5, 0.6) is 0 Å². The average molecular weight is 259 g/mol. The number of likely N-dealkylation sites (tertiary alicyclic amines) is 1. The maximum atomic E-state index is 10.6. The molecule has 0 aliphatic carbocycles. The molecule has 1 atom stereocenters. The van der Waals surface area contributed by atoms with Crippen molar-refractivity contribution in [3.8, 4) is 0 Å². The van der Waals surface area contributed by atoms with Crippen molar-refractivity contribution in [1.82, 2.24) is 4.90 Å². The van der Waals surface area contributed by atoms with Crippen LogP contribution in [-0.2, 0) is 11.3 Å². The normalized spacial score (nSPS) is 20.8. The molecular formula is C16H21NO2. The Morgan fingerprint density at radius 2 is 2.21 bits per heavy atom. The summed E-state index contributed by atoms with van der Waals surface area (Å²) in [6.45, 7) is 4.31. The van der Waals surface area contributed by atoms with Gasteiger partial charge in [-0.25, -0.2) is 4.79 Å². The first kappa shape index (κ1) is 13.8. The Kier molecular flexibility index (Phi) is 4.74. The summed E-state index contributed by atoms with van der Waals surface area (Å²) in [5.74, 6) is -0.902. The van der Waals surface area contributed by atoms with E-state index < -0.39 is 5.97 Å². The number of aliphatic carboxylic acids is 1. The summed E-state index contributed by atoms with van der Waals surface area (Å²) in [5, 5.41) is 8.73. The van der Waals surface area contributed by atoms with E-state index in [0.717, 1.165) is 18.7 Å². The Bertz CT molecular complexity index is 468. The minimum Gasteiger partial charge on any atom is -0.478 e. The molecule has 1 N–H and O–H groups in total. The molecule has 0 aromatic heterocycles. The van der Waals surface area contributed by atoms with E-state index in [4.69, 9.17) is 5.11 Å². The number of carboxylic acids is 1. The van der Waals surface area contributed by atoms with Crippen LogP contribution in [0.1, 0.15) is 37.3 Å². The van der Waals surface area contributed by atoms with Gasteiger partial charge in [0.1, 0.15) is 0 Å². The highest BCUT2D eigenvalue weighted by atomic mass is 16.4. The Balaban J connectivity index is 2.13. The molecule has 0 saturated carbocycles. The van der Waals surface area contributed by atoms with Gasteiger partial charge in [0.2, 0.25) is 0 Å². The van der Waals surface area contributed by atoms with Gasteiger partial charge in [0, 0.05) is 18.7 Å². The number of hydrogen-bond donors (Lipinski definition) is 1. The van der Waals surface area contributed by atoms with E-state index in [0.29, 0.717) is 6.04 Å². The van der Waals surface area contributed by atoms with Crippen molar-refractivity contribution in [3.63, 3.8) is 0 Å². The van der Waals surface area contributed by atoms with Gasteiger partial charge < -0.3 is 5.11 Å². The molecule has 1 heterocycles. The molecule has 102 valence electrons. The summed E-state index contributed by atoms with van der Waals surface area (Å²) in [6.07, 6.45) is 6.73. The van der Waals surface area contributed by atoms with Gasteiger partial charge in [-0.15, -0.1) is 0 Å². The van der Waals surface area contributed by atoms with Crippen molar-refractivity contribution in [3.05, 3.63) is 41.5 Å². The summed E-state index contributed by atoms with van der Waals surface area (Å²) in [6, 6.07) is 8.64. The minimum atomic E-state index is -0.902. The fourth-order valence-electron chi connectivity index (χ4n) is 2.61. The Hall–Kier alpha value is -1.61. The van der Waals surface area contributed by atoms with Gasteiger partial charge in [-0.3, -0.25) is 4.90 Å². The van der Waals surface area contributed by atoms with Crippen LogP contribution < -0.4 is 0 Å². The van der Waals surface area contributed by atoms with E-state index in [1.165, 1.54) is 30.9 Å². The second-order valence-corrected chi connectivity index (χ2v) is 5.19. The average Bonchev–Trinajstić information content (AvgIpc) is 2.40. The first-order valence-corrected chi connectivity index (χ1v) is 6.90. The monoisotopic (exact) mass is 259 g/mol. The lowest BCUT2D eigenvalue weighted by molar-refractivity contribution is -0.131. The Morgan fingerprint density at radius 1 is 1.42 bits per heavy atom. The van der Waals surface area contributed by atoms with Crippen molar-refractivity contribution in [2.45, 2.75) is 38.8 Å². The van der Waals surface area contributed by atoms with Crippen LogP contribution in [-0.4, -0.2) is 28.6 Å². The molecule has 1 saturated heterocycles. The zero-order valence-electron chi connectivity index (χ0n) is 11.4. The van der Waals surface area contributed by atoms with Crippen LogP contribution in [0.4, 0.5) is 0 Å². The Labute approximate surface area is 114 Å². The van der Waals surface area contributed by atoms with Crippen molar-refractivity contribution in [2.75, 3.05) is 6.54 Å². The van der Waals surface area contributed by atoms with Crippen molar-refractivity contribution in [1.29, 1.82) is 0 Å². The number of rotatable bonds is 4. The Morgan fingerprint density at radius 3 is 2.95 bits per heavy atom. The quantitative estimate of drug-likeness (QED) is 0.844. The van der Waals surface area contributed by atoms with Gasteiger partial charge in [0.25, 0.3) is 0 Å². The van der Waals surface area contributed by atoms with E-state index >= 15 is 0 Å². The van der Waals surface area contributed by atoms with Crippen LogP contribution in [0.15, 0.2) is 30.3 Å². The molecule has 1 unspecified atom stereocenters. The number of benzene rings is 1. The van der Waals surface area contributed by atoms with Crippen LogP contribution in [0.25, 0.3) is 6.08 Å². The second-order valence-electron chi connectivity index (χ2n) is 5.19. The van der Waals surface area contributed by atoms with Gasteiger partial charge in [-0.05, 0) is 43.5 Å². The van der Waals surface area contributed by atoms with Crippen molar-refractivity contribution < 1.29 is 9.90 Å². The summed E-state index contributed by atoms with van der Waals surface area (Å²) in [5.41, 5.74) is 2.21. The number of carbonyl (C=O) groups is 1. The number of hydrogen-bond acceptors (Lipinski definition) is 2. The molecular weight excluding hydrogens is 238 g/mol. The minimum absolute atomic E-state index is 0.616. The molecule has 1 aromatic rings. The van der Waals surface area contributed by atoms with Crippen LogP contribution in [0, 0.1) is 0 Å². The third kappa shape index (κ3) is 3.93. The summed E-state index contributed by atoms with van der Waals surface area (Å²) in [4.78, 5) is 13.1. The highest BCUT2D eigenvalue weighted by Gasteiger charge is 2.18. The number of nitrogens with zero attached hydrogens (tertiary/aromatic N) is 1. The zero-order valence-corrected chi connectivity index (χ0v) is 11.4. The largest absolute Gasteiger partial charge is 0.478 e. The first-order valence-electron chi connectivity index (χ1n) is 6.90. The standard InChI is InChI=1S/C16H21NO2/c1-13-6-4-5-11-17(13)12-15-8-3-2-7-14(15)9-10-16(18)19/h2-3,7-10,13H,4-6,11-12H2,1H3,(H,18,19). The maximum Gasteiger partial charge on any atom is 0.328 e. The zero-order chi connectivity index (χ0) is 13.7. The lowest BCUT2D eigenvalue weighted by Crippen LogP contribution is -2.36. The van der Waals surface area contributed by atoms with E-state index in [9.17, 15) is 4.79 Å². The fourth-order valence-corrected chi connectivity index (χ4v) is 2.61. The molecule has 1 aliphatic heterocycles. The fraction of sp³-hybridized carbons (Fsp3) is 0.438. The molecule has 2 rings (SSSR count). The van der Waals surface area contributed by atoms with Crippen LogP contribution >= 0.6 is 0 Å². The van der Waals surface area contributed by atoms with E-state index in [-0.39, 0.29) is 0 Å². The number of piperidine rings is 1.